The van der Waals surface area contributed by atoms with E-state index in [1.807, 2.05) is 44.1 Å². The van der Waals surface area contributed by atoms with Gasteiger partial charge in [-0.25, -0.2) is 13.1 Å². The number of nitrogens with one attached hydrogen (secondary N) is 1. The zero-order valence-corrected chi connectivity index (χ0v) is 15.1. The minimum absolute atomic E-state index is 0.0526. The lowest BCUT2D eigenvalue weighted by Crippen LogP contribution is -2.28. The predicted molar refractivity (Wildman–Crippen MR) is 94.6 cm³/mol. The maximum atomic E-state index is 12.2. The molecule has 2 aromatic rings. The molecule has 5 nitrogen and oxygen atoms in total. The Balaban J connectivity index is 2.01. The molecule has 1 aromatic carbocycles. The number of aliphatic hydroxyl groups excluding tert-OH is 1. The van der Waals surface area contributed by atoms with E-state index in [-0.39, 0.29) is 10.8 Å². The molecule has 2 rings (SSSR count). The Kier molecular flexibility index (Phi) is 5.80. The zero-order valence-electron chi connectivity index (χ0n) is 13.5. The van der Waals surface area contributed by atoms with Gasteiger partial charge in [-0.2, -0.15) is 0 Å². The number of rotatable bonds is 7. The van der Waals surface area contributed by atoms with E-state index in [2.05, 4.69) is 4.72 Å². The van der Waals surface area contributed by atoms with E-state index in [1.165, 1.54) is 11.3 Å². The average Bonchev–Trinajstić information content (AvgIpc) is 3.02. The monoisotopic (exact) mass is 354 g/mol. The van der Waals surface area contributed by atoms with Crippen LogP contribution in [0.15, 0.2) is 40.6 Å². The summed E-state index contributed by atoms with van der Waals surface area (Å²) in [6.45, 7) is 1.93. The molecule has 1 atom stereocenters. The van der Waals surface area contributed by atoms with E-state index in [9.17, 15) is 13.5 Å². The molecule has 7 heteroatoms. The SMILES string of the molecule is CCc1ccc(S(=O)(=O)NCC(O)c2ccc(N(C)C)cc2)s1. The minimum Gasteiger partial charge on any atom is -0.387 e. The van der Waals surface area contributed by atoms with Crippen molar-refractivity contribution in [2.24, 2.45) is 0 Å². The smallest absolute Gasteiger partial charge is 0.250 e. The number of thiophene rings is 1. The third-order valence-electron chi connectivity index (χ3n) is 3.51. The van der Waals surface area contributed by atoms with Gasteiger partial charge in [0.2, 0.25) is 10.0 Å². The predicted octanol–water partition coefficient (Wildman–Crippen LogP) is 2.39. The summed E-state index contributed by atoms with van der Waals surface area (Å²) in [4.78, 5) is 2.98. The maximum Gasteiger partial charge on any atom is 0.250 e. The molecule has 0 radical (unpaired) electrons. The number of sulfonamides is 1. The van der Waals surface area contributed by atoms with Crippen LogP contribution in [0, 0.1) is 0 Å². The number of aryl methyl sites for hydroxylation is 1. The van der Waals surface area contributed by atoms with E-state index in [1.54, 1.807) is 18.2 Å². The van der Waals surface area contributed by atoms with Crippen molar-refractivity contribution < 1.29 is 13.5 Å². The Morgan fingerprint density at radius 3 is 2.35 bits per heavy atom. The topological polar surface area (TPSA) is 69.6 Å². The lowest BCUT2D eigenvalue weighted by Gasteiger charge is -2.15. The second-order valence-corrected chi connectivity index (χ2v) is 8.59. The fourth-order valence-corrected chi connectivity index (χ4v) is 4.44. The van der Waals surface area contributed by atoms with Crippen molar-refractivity contribution in [2.45, 2.75) is 23.7 Å². The second kappa shape index (κ2) is 7.44. The number of benzene rings is 1. The Labute approximate surface area is 141 Å². The molecule has 1 unspecified atom stereocenters. The van der Waals surface area contributed by atoms with E-state index >= 15 is 0 Å². The number of nitrogens with zero attached hydrogens (tertiary/aromatic N) is 1. The molecule has 0 amide bonds. The van der Waals surface area contributed by atoms with Gasteiger partial charge in [-0.15, -0.1) is 11.3 Å². The Morgan fingerprint density at radius 1 is 1.17 bits per heavy atom. The van der Waals surface area contributed by atoms with Crippen LogP contribution in [0.3, 0.4) is 0 Å². The second-order valence-electron chi connectivity index (χ2n) is 5.43. The summed E-state index contributed by atoms with van der Waals surface area (Å²) in [5, 5.41) is 10.2. The zero-order chi connectivity index (χ0) is 17.0. The van der Waals surface area contributed by atoms with Crippen molar-refractivity contribution in [3.05, 3.63) is 46.8 Å². The fraction of sp³-hybridized carbons (Fsp3) is 0.375. The highest BCUT2D eigenvalue weighted by molar-refractivity contribution is 7.91. The molecule has 23 heavy (non-hydrogen) atoms. The maximum absolute atomic E-state index is 12.2. The molecule has 0 aliphatic rings. The molecule has 0 saturated carbocycles. The van der Waals surface area contributed by atoms with Crippen molar-refractivity contribution in [1.29, 1.82) is 0 Å². The van der Waals surface area contributed by atoms with Gasteiger partial charge >= 0.3 is 0 Å². The van der Waals surface area contributed by atoms with Gasteiger partial charge in [0.25, 0.3) is 0 Å². The van der Waals surface area contributed by atoms with Gasteiger partial charge in [0.1, 0.15) is 4.21 Å². The fourth-order valence-electron chi connectivity index (χ4n) is 2.06. The summed E-state index contributed by atoms with van der Waals surface area (Å²) in [7, 11) is 0.297. The van der Waals surface area contributed by atoms with Crippen molar-refractivity contribution in [2.75, 3.05) is 25.5 Å². The number of hydrogen-bond acceptors (Lipinski definition) is 5. The molecule has 0 aliphatic heterocycles. The molecule has 0 spiro atoms. The first kappa shape index (κ1) is 17.9. The van der Waals surface area contributed by atoms with Crippen LogP contribution in [0.5, 0.6) is 0 Å². The highest BCUT2D eigenvalue weighted by Crippen LogP contribution is 2.22. The van der Waals surface area contributed by atoms with Crippen molar-refractivity contribution in [3.63, 3.8) is 0 Å². The van der Waals surface area contributed by atoms with Crippen LogP contribution < -0.4 is 9.62 Å². The molecule has 0 fully saturated rings. The van der Waals surface area contributed by atoms with Gasteiger partial charge in [0, 0.05) is 31.2 Å². The van der Waals surface area contributed by atoms with Gasteiger partial charge in [0.15, 0.2) is 0 Å². The van der Waals surface area contributed by atoms with Crippen molar-refractivity contribution >= 4 is 27.0 Å². The first-order valence-corrected chi connectivity index (χ1v) is 9.67. The Morgan fingerprint density at radius 2 is 1.83 bits per heavy atom. The highest BCUT2D eigenvalue weighted by Gasteiger charge is 2.18. The molecule has 0 saturated heterocycles. The van der Waals surface area contributed by atoms with Gasteiger partial charge in [-0.3, -0.25) is 0 Å². The van der Waals surface area contributed by atoms with Crippen LogP contribution in [0.25, 0.3) is 0 Å². The molecule has 1 heterocycles. The average molecular weight is 354 g/mol. The quantitative estimate of drug-likeness (QED) is 0.801. The summed E-state index contributed by atoms with van der Waals surface area (Å²) in [6.07, 6.45) is -0.0762. The van der Waals surface area contributed by atoms with Crippen molar-refractivity contribution in [3.8, 4) is 0 Å². The lowest BCUT2D eigenvalue weighted by atomic mass is 10.1. The van der Waals surface area contributed by atoms with Crippen LogP contribution in [0.4, 0.5) is 5.69 Å². The Bertz CT molecular complexity index is 737. The summed E-state index contributed by atoms with van der Waals surface area (Å²) in [6, 6.07) is 10.8. The Hall–Kier alpha value is -1.41. The van der Waals surface area contributed by atoms with Gasteiger partial charge in [0.05, 0.1) is 6.10 Å². The number of anilines is 1. The van der Waals surface area contributed by atoms with E-state index in [4.69, 9.17) is 0 Å². The van der Waals surface area contributed by atoms with Crippen LogP contribution in [-0.2, 0) is 16.4 Å². The number of hydrogen-bond donors (Lipinski definition) is 2. The van der Waals surface area contributed by atoms with E-state index in [0.29, 0.717) is 5.56 Å². The normalized spacial score (nSPS) is 13.0. The van der Waals surface area contributed by atoms with Crippen LogP contribution in [0.2, 0.25) is 0 Å². The molecular formula is C16H22N2O3S2. The first-order valence-electron chi connectivity index (χ1n) is 7.37. The van der Waals surface area contributed by atoms with Crippen LogP contribution in [-0.4, -0.2) is 34.2 Å². The first-order chi connectivity index (χ1) is 10.8. The summed E-state index contributed by atoms with van der Waals surface area (Å²) in [5.41, 5.74) is 1.70. The standard InChI is InChI=1S/C16H22N2O3S2/c1-4-14-9-10-16(22-14)23(20,21)17-11-15(19)12-5-7-13(8-6-12)18(2)3/h5-10,15,17,19H,4,11H2,1-3H3. The molecule has 1 aromatic heterocycles. The highest BCUT2D eigenvalue weighted by atomic mass is 32.2. The molecule has 0 aliphatic carbocycles. The largest absolute Gasteiger partial charge is 0.387 e. The van der Waals surface area contributed by atoms with E-state index < -0.39 is 16.1 Å². The summed E-state index contributed by atoms with van der Waals surface area (Å²) in [5.74, 6) is 0. The minimum atomic E-state index is -3.57. The molecule has 126 valence electrons. The van der Waals surface area contributed by atoms with Gasteiger partial charge in [-0.05, 0) is 36.2 Å². The molecule has 2 N–H and O–H groups in total. The third-order valence-corrected chi connectivity index (χ3v) is 6.66. The molecule has 0 bridgehead atoms. The summed E-state index contributed by atoms with van der Waals surface area (Å²) < 4.78 is 27.2. The van der Waals surface area contributed by atoms with Crippen molar-refractivity contribution in [1.82, 2.24) is 4.72 Å². The lowest BCUT2D eigenvalue weighted by molar-refractivity contribution is 0.182. The van der Waals surface area contributed by atoms with Gasteiger partial charge in [-0.1, -0.05) is 19.1 Å². The molecular weight excluding hydrogens is 332 g/mol. The summed E-state index contributed by atoms with van der Waals surface area (Å²) >= 11 is 1.25. The van der Waals surface area contributed by atoms with Gasteiger partial charge < -0.3 is 10.0 Å². The third kappa shape index (κ3) is 4.54. The van der Waals surface area contributed by atoms with Crippen LogP contribution in [0.1, 0.15) is 23.5 Å². The number of aliphatic hydroxyl groups is 1. The van der Waals surface area contributed by atoms with E-state index in [0.717, 1.165) is 17.0 Å². The van der Waals surface area contributed by atoms with Crippen LogP contribution >= 0.6 is 11.3 Å².